The molecule has 0 radical (unpaired) electrons. The summed E-state index contributed by atoms with van der Waals surface area (Å²) in [4.78, 5) is 23.4. The van der Waals surface area contributed by atoms with E-state index >= 15 is 0 Å². The minimum atomic E-state index is -0.848. The van der Waals surface area contributed by atoms with Crippen LogP contribution in [0.25, 0.3) is 5.69 Å². The van der Waals surface area contributed by atoms with Gasteiger partial charge in [0.2, 0.25) is 0 Å². The van der Waals surface area contributed by atoms with Crippen LogP contribution < -0.4 is 10.7 Å². The van der Waals surface area contributed by atoms with Crippen LogP contribution in [0.3, 0.4) is 0 Å². The topological polar surface area (TPSA) is 75.5 Å². The van der Waals surface area contributed by atoms with Crippen LogP contribution in [-0.4, -0.2) is 28.1 Å². The lowest BCUT2D eigenvalue weighted by Gasteiger charge is -2.19. The van der Waals surface area contributed by atoms with Crippen molar-refractivity contribution in [3.8, 4) is 5.69 Å². The third-order valence-electron chi connectivity index (χ3n) is 3.63. The van der Waals surface area contributed by atoms with Gasteiger partial charge in [-0.2, -0.15) is 5.10 Å². The number of hydrogen-bond acceptors (Lipinski definition) is 3. The molecule has 1 heterocycles. The van der Waals surface area contributed by atoms with Crippen LogP contribution in [-0.2, 0) is 9.59 Å². The smallest absolute Gasteiger partial charge is 0.329 e. The van der Waals surface area contributed by atoms with E-state index in [2.05, 4.69) is 15.8 Å². The van der Waals surface area contributed by atoms with Crippen LogP contribution in [0.15, 0.2) is 35.4 Å². The first kappa shape index (κ1) is 19.4. The number of rotatable bonds is 3. The van der Waals surface area contributed by atoms with E-state index in [9.17, 15) is 14.0 Å². The Bertz CT molecular complexity index is 863. The molecule has 2 rings (SSSR count). The van der Waals surface area contributed by atoms with Crippen LogP contribution in [0, 0.1) is 19.7 Å². The van der Waals surface area contributed by atoms with E-state index in [0.29, 0.717) is 11.3 Å². The molecule has 0 saturated heterocycles. The number of hydrogen-bond donors (Lipinski definition) is 2. The molecule has 0 aliphatic rings. The van der Waals surface area contributed by atoms with Crippen molar-refractivity contribution in [1.29, 1.82) is 0 Å². The summed E-state index contributed by atoms with van der Waals surface area (Å²) in [5.74, 6) is -1.93. The number of para-hydroxylation sites is 1. The Labute approximate surface area is 152 Å². The Morgan fingerprint density at radius 3 is 2.42 bits per heavy atom. The zero-order valence-electron chi connectivity index (χ0n) is 15.6. The van der Waals surface area contributed by atoms with Crippen molar-refractivity contribution in [2.24, 2.45) is 5.10 Å². The molecule has 2 aromatic rings. The van der Waals surface area contributed by atoms with E-state index in [1.165, 1.54) is 12.3 Å². The highest BCUT2D eigenvalue weighted by Crippen LogP contribution is 2.21. The van der Waals surface area contributed by atoms with E-state index in [4.69, 9.17) is 0 Å². The van der Waals surface area contributed by atoms with E-state index in [0.717, 1.165) is 11.4 Å². The molecule has 2 N–H and O–H groups in total. The highest BCUT2D eigenvalue weighted by molar-refractivity contribution is 6.35. The number of halogens is 1. The van der Waals surface area contributed by atoms with Gasteiger partial charge in [-0.05, 0) is 52.8 Å². The molecule has 26 heavy (non-hydrogen) atoms. The van der Waals surface area contributed by atoms with E-state index in [1.54, 1.807) is 43.5 Å². The number of aromatic nitrogens is 1. The van der Waals surface area contributed by atoms with Crippen LogP contribution in [0.4, 0.5) is 4.39 Å². The lowest BCUT2D eigenvalue weighted by Crippen LogP contribution is -2.47. The maximum absolute atomic E-state index is 14.1. The van der Waals surface area contributed by atoms with Gasteiger partial charge < -0.3 is 9.88 Å². The maximum Gasteiger partial charge on any atom is 0.329 e. The second-order valence-corrected chi connectivity index (χ2v) is 7.02. The first-order chi connectivity index (χ1) is 12.1. The normalized spacial score (nSPS) is 11.6. The van der Waals surface area contributed by atoms with Gasteiger partial charge in [-0.1, -0.05) is 12.1 Å². The van der Waals surface area contributed by atoms with Gasteiger partial charge in [-0.3, -0.25) is 9.59 Å². The minimum absolute atomic E-state index is 0.329. The van der Waals surface area contributed by atoms with Gasteiger partial charge in [0.05, 0.1) is 11.9 Å². The molecule has 6 nitrogen and oxygen atoms in total. The third-order valence-corrected chi connectivity index (χ3v) is 3.63. The number of carbonyl (C=O) groups excluding carboxylic acids is 2. The van der Waals surface area contributed by atoms with Gasteiger partial charge in [-0.15, -0.1) is 0 Å². The van der Waals surface area contributed by atoms with Gasteiger partial charge in [0.1, 0.15) is 5.82 Å². The Hall–Kier alpha value is -2.96. The van der Waals surface area contributed by atoms with E-state index in [-0.39, 0.29) is 5.82 Å². The average molecular weight is 358 g/mol. The highest BCUT2D eigenvalue weighted by atomic mass is 19.1. The fourth-order valence-corrected chi connectivity index (χ4v) is 2.53. The summed E-state index contributed by atoms with van der Waals surface area (Å²) in [6.07, 6.45) is 1.43. The quantitative estimate of drug-likeness (QED) is 0.503. The summed E-state index contributed by atoms with van der Waals surface area (Å²) >= 11 is 0. The van der Waals surface area contributed by atoms with Crippen LogP contribution in [0.5, 0.6) is 0 Å². The Kier molecular flexibility index (Phi) is 5.59. The van der Waals surface area contributed by atoms with Crippen molar-refractivity contribution < 1.29 is 14.0 Å². The van der Waals surface area contributed by atoms with E-state index in [1.807, 2.05) is 19.9 Å². The first-order valence-corrected chi connectivity index (χ1v) is 8.19. The molecular weight excluding hydrogens is 335 g/mol. The van der Waals surface area contributed by atoms with Crippen LogP contribution in [0.1, 0.15) is 37.7 Å². The van der Waals surface area contributed by atoms with Gasteiger partial charge >= 0.3 is 11.8 Å². The maximum atomic E-state index is 14.1. The number of carbonyl (C=O) groups is 2. The van der Waals surface area contributed by atoms with Crippen molar-refractivity contribution in [3.63, 3.8) is 0 Å². The summed E-state index contributed by atoms with van der Waals surface area (Å²) in [5.41, 5.74) is 4.43. The summed E-state index contributed by atoms with van der Waals surface area (Å²) in [7, 11) is 0. The van der Waals surface area contributed by atoms with Crippen molar-refractivity contribution in [2.45, 2.75) is 40.2 Å². The largest absolute Gasteiger partial charge is 0.343 e. The highest BCUT2D eigenvalue weighted by Gasteiger charge is 2.19. The molecule has 0 bridgehead atoms. The zero-order chi connectivity index (χ0) is 19.5. The molecule has 0 saturated carbocycles. The van der Waals surface area contributed by atoms with Crippen LogP contribution in [0.2, 0.25) is 0 Å². The Morgan fingerprint density at radius 2 is 1.81 bits per heavy atom. The summed E-state index contributed by atoms with van der Waals surface area (Å²) in [6.45, 7) is 9.01. The number of nitrogens with zero attached hydrogens (tertiary/aromatic N) is 2. The number of nitrogens with one attached hydrogen (secondary N) is 2. The van der Waals surface area contributed by atoms with Crippen molar-refractivity contribution in [2.75, 3.05) is 0 Å². The Balaban J connectivity index is 2.15. The predicted molar refractivity (Wildman–Crippen MR) is 98.8 cm³/mol. The first-order valence-electron chi connectivity index (χ1n) is 8.19. The van der Waals surface area contributed by atoms with Gasteiger partial charge in [-0.25, -0.2) is 9.82 Å². The molecular formula is C19H23FN4O2. The minimum Gasteiger partial charge on any atom is -0.343 e. The molecule has 0 spiro atoms. The zero-order valence-corrected chi connectivity index (χ0v) is 15.6. The molecule has 138 valence electrons. The standard InChI is InChI=1S/C19H23FN4O2/c1-12-10-14(11-21-23-18(26)17(25)22-19(3,4)5)13(2)24(12)16-9-7-6-8-15(16)20/h6-11H,1-5H3,(H,22,25)(H,23,26)/b21-11-. The fourth-order valence-electron chi connectivity index (χ4n) is 2.53. The molecule has 0 aliphatic carbocycles. The van der Waals surface area contributed by atoms with Crippen molar-refractivity contribution >= 4 is 18.0 Å². The average Bonchev–Trinajstić information content (AvgIpc) is 2.80. The van der Waals surface area contributed by atoms with E-state index < -0.39 is 17.4 Å². The second-order valence-electron chi connectivity index (χ2n) is 7.02. The molecule has 0 fully saturated rings. The number of benzene rings is 1. The lowest BCUT2D eigenvalue weighted by atomic mass is 10.1. The third kappa shape index (κ3) is 4.56. The summed E-state index contributed by atoms with van der Waals surface area (Å²) in [6, 6.07) is 8.31. The number of hydrazone groups is 1. The number of aryl methyl sites for hydroxylation is 1. The lowest BCUT2D eigenvalue weighted by molar-refractivity contribution is -0.140. The molecule has 7 heteroatoms. The molecule has 1 aromatic heterocycles. The van der Waals surface area contributed by atoms with Crippen molar-refractivity contribution in [3.05, 3.63) is 53.1 Å². The molecule has 0 aliphatic heterocycles. The van der Waals surface area contributed by atoms with Gasteiger partial charge in [0, 0.05) is 22.5 Å². The number of amides is 2. The van der Waals surface area contributed by atoms with Crippen LogP contribution >= 0.6 is 0 Å². The SMILES string of the molecule is Cc1cc(/C=N\NC(=O)C(=O)NC(C)(C)C)c(C)n1-c1ccccc1F. The van der Waals surface area contributed by atoms with Gasteiger partial charge in [0.25, 0.3) is 0 Å². The van der Waals surface area contributed by atoms with Gasteiger partial charge in [0.15, 0.2) is 0 Å². The Morgan fingerprint density at radius 1 is 1.15 bits per heavy atom. The summed E-state index contributed by atoms with van der Waals surface area (Å²) in [5, 5.41) is 6.38. The molecule has 0 atom stereocenters. The predicted octanol–water partition coefficient (Wildman–Crippen LogP) is 2.60. The monoisotopic (exact) mass is 358 g/mol. The summed E-state index contributed by atoms with van der Waals surface area (Å²) < 4.78 is 15.8. The fraction of sp³-hybridized carbons (Fsp3) is 0.316. The molecule has 0 unspecified atom stereocenters. The molecule has 1 aromatic carbocycles. The second kappa shape index (κ2) is 7.51. The van der Waals surface area contributed by atoms with Crippen molar-refractivity contribution in [1.82, 2.24) is 15.3 Å². The molecule has 2 amide bonds.